The van der Waals surface area contributed by atoms with Gasteiger partial charge in [-0.15, -0.1) is 0 Å². The van der Waals surface area contributed by atoms with Crippen LogP contribution in [0.3, 0.4) is 0 Å². The molecule has 1 saturated carbocycles. The summed E-state index contributed by atoms with van der Waals surface area (Å²) in [7, 11) is -3.13. The maximum absolute atomic E-state index is 13.2. The zero-order valence-electron chi connectivity index (χ0n) is 16.0. The highest BCUT2D eigenvalue weighted by atomic mass is 32.2. The van der Waals surface area contributed by atoms with E-state index in [0.717, 1.165) is 25.7 Å². The van der Waals surface area contributed by atoms with Crippen molar-refractivity contribution in [3.8, 4) is 0 Å². The molecule has 0 aromatic rings. The third kappa shape index (κ3) is 4.89. The van der Waals surface area contributed by atoms with Crippen molar-refractivity contribution in [1.82, 2.24) is 9.80 Å². The second-order valence-corrected chi connectivity index (χ2v) is 10.5. The maximum Gasteiger partial charge on any atom is 0.333 e. The number of rotatable bonds is 6. The van der Waals surface area contributed by atoms with Gasteiger partial charge in [-0.25, -0.2) is 13.2 Å². The Bertz CT molecular complexity index is 773. The Hall–Kier alpha value is -1.55. The van der Waals surface area contributed by atoms with Crippen molar-refractivity contribution in [3.63, 3.8) is 0 Å². The van der Waals surface area contributed by atoms with Crippen LogP contribution in [0, 0.1) is 0 Å². The topological polar surface area (TPSA) is 101 Å². The van der Waals surface area contributed by atoms with E-state index in [1.54, 1.807) is 11.8 Å². The molecule has 0 spiro atoms. The van der Waals surface area contributed by atoms with Gasteiger partial charge in [0.15, 0.2) is 9.84 Å². The lowest BCUT2D eigenvalue weighted by Crippen LogP contribution is -2.50. The number of hydrogen-bond acceptors (Lipinski definition) is 7. The third-order valence-corrected chi connectivity index (χ3v) is 8.12. The normalized spacial score (nSPS) is 26.2. The summed E-state index contributed by atoms with van der Waals surface area (Å²) in [6.07, 6.45) is 5.43. The van der Waals surface area contributed by atoms with Crippen LogP contribution in [0.1, 0.15) is 39.0 Å². The molecule has 2 saturated heterocycles. The van der Waals surface area contributed by atoms with Crippen LogP contribution in [0.2, 0.25) is 0 Å². The highest BCUT2D eigenvalue weighted by Crippen LogP contribution is 2.32. The zero-order valence-corrected chi connectivity index (χ0v) is 17.6. The highest BCUT2D eigenvalue weighted by Gasteiger charge is 2.40. The minimum Gasteiger partial charge on any atom is -0.463 e. The van der Waals surface area contributed by atoms with E-state index in [1.165, 1.54) is 22.7 Å². The van der Waals surface area contributed by atoms with E-state index in [9.17, 15) is 22.8 Å². The van der Waals surface area contributed by atoms with Crippen LogP contribution in [0.4, 0.5) is 0 Å². The van der Waals surface area contributed by atoms with Gasteiger partial charge in [0, 0.05) is 12.1 Å². The minimum absolute atomic E-state index is 0.0105. The van der Waals surface area contributed by atoms with Crippen LogP contribution in [0.25, 0.3) is 0 Å². The fourth-order valence-corrected chi connectivity index (χ4v) is 6.72. The largest absolute Gasteiger partial charge is 0.463 e. The van der Waals surface area contributed by atoms with E-state index < -0.39 is 15.8 Å². The first kappa shape index (κ1) is 21.2. The fourth-order valence-electron chi connectivity index (χ4n) is 4.08. The Morgan fingerprint density at radius 2 is 1.96 bits per heavy atom. The molecule has 28 heavy (non-hydrogen) atoms. The molecular weight excluding hydrogens is 404 g/mol. The molecule has 0 aromatic heterocycles. The molecule has 3 rings (SSSR count). The molecule has 8 nitrogen and oxygen atoms in total. The average Bonchev–Trinajstić information content (AvgIpc) is 3.33. The number of amides is 2. The zero-order chi connectivity index (χ0) is 20.3. The molecule has 10 heteroatoms. The Kier molecular flexibility index (Phi) is 6.69. The highest BCUT2D eigenvalue weighted by molar-refractivity contribution is 8.04. The van der Waals surface area contributed by atoms with Gasteiger partial charge in [-0.05, 0) is 26.2 Å². The van der Waals surface area contributed by atoms with Crippen LogP contribution in [-0.2, 0) is 29.0 Å². The van der Waals surface area contributed by atoms with Gasteiger partial charge in [0.25, 0.3) is 0 Å². The van der Waals surface area contributed by atoms with Crippen molar-refractivity contribution >= 4 is 39.4 Å². The molecule has 3 aliphatic rings. The Morgan fingerprint density at radius 1 is 1.25 bits per heavy atom. The molecule has 0 aromatic carbocycles. The van der Waals surface area contributed by atoms with Crippen LogP contribution in [0.15, 0.2) is 11.1 Å². The van der Waals surface area contributed by atoms with Crippen molar-refractivity contribution < 1.29 is 27.5 Å². The van der Waals surface area contributed by atoms with Crippen LogP contribution in [0.5, 0.6) is 0 Å². The number of sulfone groups is 1. The summed E-state index contributed by atoms with van der Waals surface area (Å²) in [5.74, 6) is -0.783. The average molecular weight is 431 g/mol. The maximum atomic E-state index is 13.2. The van der Waals surface area contributed by atoms with E-state index in [4.69, 9.17) is 4.74 Å². The number of thioether (sulfide) groups is 1. The first-order valence-corrected chi connectivity index (χ1v) is 12.4. The standard InChI is InChI=1S/C18H26N2O6S2/c1-2-26-18(23)9-17-19(16(22)11-27-17)10-15(21)20(13-5-3-4-6-13)14-7-8-28(24,25)12-14/h9,13-14H,2-8,10-12H2,1H3/b17-9+. The number of carbonyl (C=O) groups is 3. The predicted octanol–water partition coefficient (Wildman–Crippen LogP) is 0.925. The lowest BCUT2D eigenvalue weighted by molar-refractivity contribution is -0.141. The van der Waals surface area contributed by atoms with Crippen molar-refractivity contribution in [1.29, 1.82) is 0 Å². The van der Waals surface area contributed by atoms with Gasteiger partial charge in [0.05, 0.1) is 35.0 Å². The molecule has 2 heterocycles. The van der Waals surface area contributed by atoms with Gasteiger partial charge >= 0.3 is 5.97 Å². The second kappa shape index (κ2) is 8.86. The first-order valence-electron chi connectivity index (χ1n) is 9.64. The molecule has 1 aliphatic carbocycles. The summed E-state index contributed by atoms with van der Waals surface area (Å²) in [5, 5.41) is 0.405. The summed E-state index contributed by atoms with van der Waals surface area (Å²) in [6.45, 7) is 1.75. The molecule has 3 fully saturated rings. The van der Waals surface area contributed by atoms with Crippen LogP contribution >= 0.6 is 11.8 Å². The van der Waals surface area contributed by atoms with Crippen LogP contribution in [-0.4, -0.2) is 78.5 Å². The SMILES string of the molecule is CCOC(=O)/C=C1/SCC(=O)N1CC(=O)N(C1CCCC1)C1CCS(=O)(=O)C1. The summed E-state index contributed by atoms with van der Waals surface area (Å²) < 4.78 is 28.8. The summed E-state index contributed by atoms with van der Waals surface area (Å²) >= 11 is 1.20. The van der Waals surface area contributed by atoms with Crippen molar-refractivity contribution in [3.05, 3.63) is 11.1 Å². The van der Waals surface area contributed by atoms with Gasteiger partial charge in [-0.3, -0.25) is 14.5 Å². The minimum atomic E-state index is -3.13. The molecule has 0 radical (unpaired) electrons. The van der Waals surface area contributed by atoms with Crippen molar-refractivity contribution in [2.45, 2.75) is 51.1 Å². The Labute approximate surface area is 169 Å². The summed E-state index contributed by atoms with van der Waals surface area (Å²) in [5.41, 5.74) is 0. The van der Waals surface area contributed by atoms with Crippen LogP contribution < -0.4 is 0 Å². The lowest BCUT2D eigenvalue weighted by Gasteiger charge is -2.35. The summed E-state index contributed by atoms with van der Waals surface area (Å²) in [6, 6.07) is -0.308. The molecule has 1 unspecified atom stereocenters. The van der Waals surface area contributed by atoms with Gasteiger partial charge in [-0.2, -0.15) is 0 Å². The van der Waals surface area contributed by atoms with Crippen molar-refractivity contribution in [2.24, 2.45) is 0 Å². The molecular formula is C18H26N2O6S2. The van der Waals surface area contributed by atoms with Crippen molar-refractivity contribution in [2.75, 3.05) is 30.4 Å². The monoisotopic (exact) mass is 430 g/mol. The number of ether oxygens (including phenoxy) is 1. The lowest BCUT2D eigenvalue weighted by atomic mass is 10.1. The smallest absolute Gasteiger partial charge is 0.333 e. The number of nitrogens with zero attached hydrogens (tertiary/aromatic N) is 2. The van der Waals surface area contributed by atoms with Gasteiger partial charge < -0.3 is 9.64 Å². The molecule has 2 amide bonds. The molecule has 156 valence electrons. The Morgan fingerprint density at radius 3 is 2.57 bits per heavy atom. The van der Waals surface area contributed by atoms with E-state index in [1.807, 2.05) is 0 Å². The van der Waals surface area contributed by atoms with E-state index >= 15 is 0 Å². The first-order chi connectivity index (χ1) is 13.3. The van der Waals surface area contributed by atoms with Gasteiger partial charge in [0.1, 0.15) is 6.54 Å². The number of esters is 1. The number of carbonyl (C=O) groups excluding carboxylic acids is 3. The van der Waals surface area contributed by atoms with E-state index in [-0.39, 0.29) is 54.3 Å². The molecule has 0 bridgehead atoms. The fraction of sp³-hybridized carbons (Fsp3) is 0.722. The van der Waals surface area contributed by atoms with Gasteiger partial charge in [0.2, 0.25) is 11.8 Å². The number of hydrogen-bond donors (Lipinski definition) is 0. The quantitative estimate of drug-likeness (QED) is 0.456. The second-order valence-electron chi connectivity index (χ2n) is 7.30. The Balaban J connectivity index is 1.76. The summed E-state index contributed by atoms with van der Waals surface area (Å²) in [4.78, 5) is 40.2. The molecule has 0 N–H and O–H groups in total. The van der Waals surface area contributed by atoms with E-state index in [0.29, 0.717) is 11.4 Å². The van der Waals surface area contributed by atoms with Gasteiger partial charge in [-0.1, -0.05) is 24.6 Å². The molecule has 2 aliphatic heterocycles. The molecule has 1 atom stereocenters. The van der Waals surface area contributed by atoms with E-state index in [2.05, 4.69) is 0 Å². The predicted molar refractivity (Wildman–Crippen MR) is 105 cm³/mol. The third-order valence-electron chi connectivity index (χ3n) is 5.34.